The number of para-hydroxylation sites is 1. The highest BCUT2D eigenvalue weighted by atomic mass is 35.5. The number of pyridine rings is 1. The van der Waals surface area contributed by atoms with Crippen molar-refractivity contribution < 1.29 is 14.3 Å². The van der Waals surface area contributed by atoms with Crippen LogP contribution in [0.3, 0.4) is 0 Å². The molecule has 0 atom stereocenters. The predicted octanol–water partition coefficient (Wildman–Crippen LogP) is 3.25. The minimum atomic E-state index is -0.298. The maximum absolute atomic E-state index is 12.4. The number of nitrogens with zero attached hydrogens (tertiary/aromatic N) is 3. The third-order valence-electron chi connectivity index (χ3n) is 3.75. The standard InChI is InChI=1S/C18H17ClN4O3/c1-25-14-5-3-4-13(17(14)26-2)11-23-16(8-9-21-23)22-18(24)12-6-7-15(19)20-10-12/h3-10H,11H2,1-2H3,(H,22,24). The Balaban J connectivity index is 1.81. The topological polar surface area (TPSA) is 78.3 Å². The molecule has 0 fully saturated rings. The summed E-state index contributed by atoms with van der Waals surface area (Å²) in [5.41, 5.74) is 1.28. The summed E-state index contributed by atoms with van der Waals surface area (Å²) in [4.78, 5) is 16.3. The summed E-state index contributed by atoms with van der Waals surface area (Å²) in [6.07, 6.45) is 3.03. The fourth-order valence-electron chi connectivity index (χ4n) is 2.50. The van der Waals surface area contributed by atoms with Gasteiger partial charge in [0.2, 0.25) is 0 Å². The number of carbonyl (C=O) groups excluding carboxylic acids is 1. The van der Waals surface area contributed by atoms with Crippen LogP contribution >= 0.6 is 11.6 Å². The molecule has 3 rings (SSSR count). The van der Waals surface area contributed by atoms with E-state index in [9.17, 15) is 4.79 Å². The Kier molecular flexibility index (Phi) is 5.38. The molecule has 2 aromatic heterocycles. The minimum Gasteiger partial charge on any atom is -0.493 e. The van der Waals surface area contributed by atoms with Crippen molar-refractivity contribution >= 4 is 23.3 Å². The van der Waals surface area contributed by atoms with Gasteiger partial charge in [-0.1, -0.05) is 23.7 Å². The molecule has 3 aromatic rings. The number of benzene rings is 1. The molecular formula is C18H17ClN4O3. The molecule has 0 unspecified atom stereocenters. The molecule has 0 saturated heterocycles. The summed E-state index contributed by atoms with van der Waals surface area (Å²) >= 11 is 5.75. The van der Waals surface area contributed by atoms with E-state index >= 15 is 0 Å². The van der Waals surface area contributed by atoms with Gasteiger partial charge in [0.05, 0.1) is 32.5 Å². The van der Waals surface area contributed by atoms with Crippen molar-refractivity contribution in [2.75, 3.05) is 19.5 Å². The molecular weight excluding hydrogens is 356 g/mol. The van der Waals surface area contributed by atoms with Crippen LogP contribution in [0.15, 0.2) is 48.8 Å². The lowest BCUT2D eigenvalue weighted by Gasteiger charge is -2.14. The first-order valence-corrected chi connectivity index (χ1v) is 8.14. The van der Waals surface area contributed by atoms with Gasteiger partial charge in [-0.25, -0.2) is 9.67 Å². The van der Waals surface area contributed by atoms with E-state index in [1.807, 2.05) is 18.2 Å². The third-order valence-corrected chi connectivity index (χ3v) is 3.98. The maximum Gasteiger partial charge on any atom is 0.258 e. The number of hydrogen-bond acceptors (Lipinski definition) is 5. The summed E-state index contributed by atoms with van der Waals surface area (Å²) < 4.78 is 12.4. The lowest BCUT2D eigenvalue weighted by atomic mass is 10.2. The Morgan fingerprint density at radius 2 is 2.04 bits per heavy atom. The van der Waals surface area contributed by atoms with Gasteiger partial charge in [0.1, 0.15) is 11.0 Å². The van der Waals surface area contributed by atoms with E-state index in [0.717, 1.165) is 5.56 Å². The molecule has 0 aliphatic carbocycles. The van der Waals surface area contributed by atoms with E-state index < -0.39 is 0 Å². The van der Waals surface area contributed by atoms with Crippen molar-refractivity contribution in [1.29, 1.82) is 0 Å². The van der Waals surface area contributed by atoms with Gasteiger partial charge in [0.25, 0.3) is 5.91 Å². The van der Waals surface area contributed by atoms with Crippen LogP contribution in [0.5, 0.6) is 11.5 Å². The van der Waals surface area contributed by atoms with Gasteiger partial charge in [-0.3, -0.25) is 4.79 Å². The van der Waals surface area contributed by atoms with Gasteiger partial charge in [-0.05, 0) is 18.2 Å². The zero-order chi connectivity index (χ0) is 18.5. The molecule has 0 radical (unpaired) electrons. The van der Waals surface area contributed by atoms with Crippen molar-refractivity contribution in [2.24, 2.45) is 0 Å². The second-order valence-electron chi connectivity index (χ2n) is 5.35. The highest BCUT2D eigenvalue weighted by molar-refractivity contribution is 6.29. The number of ether oxygens (including phenoxy) is 2. The molecule has 1 aromatic carbocycles. The molecule has 7 nitrogen and oxygen atoms in total. The highest BCUT2D eigenvalue weighted by Crippen LogP contribution is 2.31. The van der Waals surface area contributed by atoms with E-state index in [0.29, 0.717) is 34.6 Å². The molecule has 0 aliphatic heterocycles. The molecule has 0 bridgehead atoms. The number of methoxy groups -OCH3 is 2. The number of halogens is 1. The summed E-state index contributed by atoms with van der Waals surface area (Å²) in [5.74, 6) is 1.52. The van der Waals surface area contributed by atoms with Gasteiger partial charge in [-0.2, -0.15) is 5.10 Å². The smallest absolute Gasteiger partial charge is 0.258 e. The Morgan fingerprint density at radius 1 is 1.19 bits per heavy atom. The first-order chi connectivity index (χ1) is 12.6. The quantitative estimate of drug-likeness (QED) is 0.672. The normalized spacial score (nSPS) is 10.4. The molecule has 2 heterocycles. The second-order valence-corrected chi connectivity index (χ2v) is 5.74. The lowest BCUT2D eigenvalue weighted by molar-refractivity contribution is 0.102. The molecule has 0 spiro atoms. The SMILES string of the molecule is COc1cccc(Cn2nccc2NC(=O)c2ccc(Cl)nc2)c1OC. The van der Waals surface area contributed by atoms with Crippen LogP contribution in [0.2, 0.25) is 5.15 Å². The van der Waals surface area contributed by atoms with Crippen molar-refractivity contribution in [3.05, 3.63) is 65.1 Å². The van der Waals surface area contributed by atoms with Crippen LogP contribution in [-0.2, 0) is 6.54 Å². The zero-order valence-corrected chi connectivity index (χ0v) is 15.0. The molecule has 134 valence electrons. The van der Waals surface area contributed by atoms with Gasteiger partial charge in [0, 0.05) is 17.8 Å². The number of nitrogens with one attached hydrogen (secondary N) is 1. The second kappa shape index (κ2) is 7.88. The Bertz CT molecular complexity index is 909. The first-order valence-electron chi connectivity index (χ1n) is 7.77. The highest BCUT2D eigenvalue weighted by Gasteiger charge is 2.14. The Labute approximate surface area is 155 Å². The van der Waals surface area contributed by atoms with Crippen LogP contribution in [0.1, 0.15) is 15.9 Å². The third kappa shape index (κ3) is 3.78. The van der Waals surface area contributed by atoms with E-state index in [1.54, 1.807) is 43.3 Å². The van der Waals surface area contributed by atoms with Gasteiger partial charge in [0.15, 0.2) is 11.5 Å². The summed E-state index contributed by atoms with van der Waals surface area (Å²) in [6.45, 7) is 0.405. The Morgan fingerprint density at radius 3 is 2.73 bits per heavy atom. The number of hydrogen-bond donors (Lipinski definition) is 1. The van der Waals surface area contributed by atoms with E-state index in [-0.39, 0.29) is 5.91 Å². The number of anilines is 1. The van der Waals surface area contributed by atoms with Crippen LogP contribution in [0.25, 0.3) is 0 Å². The average molecular weight is 373 g/mol. The molecule has 0 aliphatic rings. The van der Waals surface area contributed by atoms with Crippen LogP contribution in [0.4, 0.5) is 5.82 Å². The maximum atomic E-state index is 12.4. The van der Waals surface area contributed by atoms with Crippen molar-refractivity contribution in [1.82, 2.24) is 14.8 Å². The van der Waals surface area contributed by atoms with Gasteiger partial charge >= 0.3 is 0 Å². The van der Waals surface area contributed by atoms with E-state index in [1.165, 1.54) is 6.20 Å². The summed E-state index contributed by atoms with van der Waals surface area (Å²) in [6, 6.07) is 10.5. The molecule has 1 N–H and O–H groups in total. The monoisotopic (exact) mass is 372 g/mol. The molecule has 8 heteroatoms. The van der Waals surface area contributed by atoms with Crippen LogP contribution in [0, 0.1) is 0 Å². The largest absolute Gasteiger partial charge is 0.493 e. The predicted molar refractivity (Wildman–Crippen MR) is 98.1 cm³/mol. The van der Waals surface area contributed by atoms with Crippen molar-refractivity contribution in [3.8, 4) is 11.5 Å². The fraction of sp³-hybridized carbons (Fsp3) is 0.167. The van der Waals surface area contributed by atoms with Crippen LogP contribution in [-0.4, -0.2) is 34.9 Å². The Hall–Kier alpha value is -3.06. The summed E-state index contributed by atoms with van der Waals surface area (Å²) in [7, 11) is 3.17. The molecule has 26 heavy (non-hydrogen) atoms. The first kappa shape index (κ1) is 17.8. The molecule has 0 saturated carbocycles. The fourth-order valence-corrected chi connectivity index (χ4v) is 2.61. The van der Waals surface area contributed by atoms with Crippen molar-refractivity contribution in [3.63, 3.8) is 0 Å². The van der Waals surface area contributed by atoms with E-state index in [4.69, 9.17) is 21.1 Å². The lowest BCUT2D eigenvalue weighted by Crippen LogP contribution is -2.16. The zero-order valence-electron chi connectivity index (χ0n) is 14.3. The number of aromatic nitrogens is 3. The molecule has 1 amide bonds. The number of carbonyl (C=O) groups is 1. The number of amides is 1. The summed E-state index contributed by atoms with van der Waals surface area (Å²) in [5, 5.41) is 7.42. The average Bonchev–Trinajstić information content (AvgIpc) is 3.08. The van der Waals surface area contributed by atoms with Gasteiger partial charge < -0.3 is 14.8 Å². The van der Waals surface area contributed by atoms with Crippen molar-refractivity contribution in [2.45, 2.75) is 6.54 Å². The number of rotatable bonds is 6. The minimum absolute atomic E-state index is 0.298. The van der Waals surface area contributed by atoms with E-state index in [2.05, 4.69) is 15.4 Å². The van der Waals surface area contributed by atoms with Gasteiger partial charge in [-0.15, -0.1) is 0 Å². The van der Waals surface area contributed by atoms with Crippen LogP contribution < -0.4 is 14.8 Å².